The predicted octanol–water partition coefficient (Wildman–Crippen LogP) is 4.45. The molecular formula is C15H15BrClNO2S. The van der Waals surface area contributed by atoms with Crippen molar-refractivity contribution in [3.05, 3.63) is 63.1 Å². The van der Waals surface area contributed by atoms with E-state index in [4.69, 9.17) is 11.6 Å². The zero-order valence-corrected chi connectivity index (χ0v) is 14.8. The van der Waals surface area contributed by atoms with Crippen molar-refractivity contribution in [2.45, 2.75) is 24.8 Å². The zero-order valence-electron chi connectivity index (χ0n) is 11.6. The van der Waals surface area contributed by atoms with Crippen LogP contribution in [0.4, 0.5) is 0 Å². The largest absolute Gasteiger partial charge is 0.242 e. The van der Waals surface area contributed by atoms with Crippen LogP contribution in [-0.4, -0.2) is 8.42 Å². The first-order chi connectivity index (χ1) is 9.79. The monoisotopic (exact) mass is 387 g/mol. The number of rotatable bonds is 4. The summed E-state index contributed by atoms with van der Waals surface area (Å²) in [5, 5.41) is 0.620. The fourth-order valence-electron chi connectivity index (χ4n) is 1.94. The summed E-state index contributed by atoms with van der Waals surface area (Å²) in [5.74, 6) is 0. The molecule has 2 aromatic carbocycles. The van der Waals surface area contributed by atoms with Crippen molar-refractivity contribution in [2.24, 2.45) is 0 Å². The Morgan fingerprint density at radius 1 is 1.14 bits per heavy atom. The van der Waals surface area contributed by atoms with E-state index in [2.05, 4.69) is 20.7 Å². The Labute approximate surface area is 138 Å². The first-order valence-electron chi connectivity index (χ1n) is 6.33. The summed E-state index contributed by atoms with van der Waals surface area (Å²) in [6, 6.07) is 11.9. The quantitative estimate of drug-likeness (QED) is 0.841. The molecule has 3 nitrogen and oxygen atoms in total. The first-order valence-corrected chi connectivity index (χ1v) is 8.99. The average Bonchev–Trinajstić information content (AvgIpc) is 2.38. The molecule has 2 rings (SSSR count). The Hall–Kier alpha value is -0.880. The van der Waals surface area contributed by atoms with Crippen LogP contribution in [-0.2, 0) is 10.0 Å². The second-order valence-corrected chi connectivity index (χ2v) is 7.80. The van der Waals surface area contributed by atoms with Gasteiger partial charge < -0.3 is 0 Å². The van der Waals surface area contributed by atoms with E-state index in [1.54, 1.807) is 49.4 Å². The van der Waals surface area contributed by atoms with Crippen LogP contribution in [0.2, 0.25) is 5.02 Å². The highest BCUT2D eigenvalue weighted by Gasteiger charge is 2.20. The van der Waals surface area contributed by atoms with Gasteiger partial charge in [0, 0.05) is 15.5 Å². The third-order valence-electron chi connectivity index (χ3n) is 3.08. The summed E-state index contributed by atoms with van der Waals surface area (Å²) in [4.78, 5) is 0.230. The third-order valence-corrected chi connectivity index (χ3v) is 5.85. The third kappa shape index (κ3) is 4.07. The van der Waals surface area contributed by atoms with Crippen molar-refractivity contribution in [3.8, 4) is 0 Å². The molecule has 0 fully saturated rings. The second kappa shape index (κ2) is 6.48. The van der Waals surface area contributed by atoms with Crippen LogP contribution < -0.4 is 4.72 Å². The lowest BCUT2D eigenvalue weighted by molar-refractivity contribution is 0.566. The maximum absolute atomic E-state index is 12.4. The number of nitrogens with one attached hydrogen (secondary N) is 1. The van der Waals surface area contributed by atoms with Crippen LogP contribution in [0.5, 0.6) is 0 Å². The normalized spacial score (nSPS) is 13.1. The molecule has 0 aliphatic rings. The van der Waals surface area contributed by atoms with Crippen molar-refractivity contribution in [1.29, 1.82) is 0 Å². The highest BCUT2D eigenvalue weighted by atomic mass is 79.9. The zero-order chi connectivity index (χ0) is 15.6. The van der Waals surface area contributed by atoms with E-state index < -0.39 is 10.0 Å². The molecule has 1 unspecified atom stereocenters. The van der Waals surface area contributed by atoms with Crippen molar-refractivity contribution in [2.75, 3.05) is 0 Å². The minimum atomic E-state index is -3.60. The van der Waals surface area contributed by atoms with Crippen LogP contribution in [0.3, 0.4) is 0 Å². The Morgan fingerprint density at radius 3 is 2.33 bits per heavy atom. The van der Waals surface area contributed by atoms with Gasteiger partial charge in [-0.05, 0) is 65.2 Å². The molecule has 0 aromatic heterocycles. The van der Waals surface area contributed by atoms with E-state index >= 15 is 0 Å². The van der Waals surface area contributed by atoms with E-state index in [0.717, 1.165) is 11.1 Å². The summed E-state index contributed by atoms with van der Waals surface area (Å²) < 4.78 is 28.1. The number of hydrogen-bond acceptors (Lipinski definition) is 2. The molecule has 1 atom stereocenters. The minimum Gasteiger partial charge on any atom is -0.207 e. The first kappa shape index (κ1) is 16.5. The lowest BCUT2D eigenvalue weighted by atomic mass is 10.1. The molecule has 1 N–H and O–H groups in total. The van der Waals surface area contributed by atoms with Gasteiger partial charge >= 0.3 is 0 Å². The van der Waals surface area contributed by atoms with Gasteiger partial charge in [-0.3, -0.25) is 0 Å². The number of hydrogen-bond donors (Lipinski definition) is 1. The number of benzene rings is 2. The van der Waals surface area contributed by atoms with Gasteiger partial charge in [0.05, 0.1) is 4.90 Å². The SMILES string of the molecule is Cc1ccc(S(=O)(=O)NC(C)c2ccc(Cl)cc2)c(Br)c1. The molecular weight excluding hydrogens is 374 g/mol. The van der Waals surface area contributed by atoms with Gasteiger partial charge in [-0.2, -0.15) is 0 Å². The van der Waals surface area contributed by atoms with Gasteiger partial charge in [0.15, 0.2) is 0 Å². The molecule has 112 valence electrons. The lowest BCUT2D eigenvalue weighted by Gasteiger charge is -2.15. The fraction of sp³-hybridized carbons (Fsp3) is 0.200. The van der Waals surface area contributed by atoms with E-state index in [-0.39, 0.29) is 10.9 Å². The molecule has 6 heteroatoms. The standard InChI is InChI=1S/C15H15BrClNO2S/c1-10-3-8-15(14(16)9-10)21(19,20)18-11(2)12-4-6-13(17)7-5-12/h3-9,11,18H,1-2H3. The van der Waals surface area contributed by atoms with Crippen LogP contribution in [0, 0.1) is 6.92 Å². The van der Waals surface area contributed by atoms with Gasteiger partial charge in [-0.25, -0.2) is 13.1 Å². The van der Waals surface area contributed by atoms with Crippen LogP contribution in [0.15, 0.2) is 51.8 Å². The molecule has 0 bridgehead atoms. The Bertz CT molecular complexity index is 745. The summed E-state index contributed by atoms with van der Waals surface area (Å²) in [7, 11) is -3.60. The van der Waals surface area contributed by atoms with Gasteiger partial charge in [0.25, 0.3) is 0 Å². The number of halogens is 2. The fourth-order valence-corrected chi connectivity index (χ4v) is 4.49. The molecule has 2 aromatic rings. The highest BCUT2D eigenvalue weighted by Crippen LogP contribution is 2.25. The summed E-state index contributed by atoms with van der Waals surface area (Å²) in [6.07, 6.45) is 0. The number of aryl methyl sites for hydroxylation is 1. The van der Waals surface area contributed by atoms with E-state index in [9.17, 15) is 8.42 Å². The summed E-state index contributed by atoms with van der Waals surface area (Å²) in [6.45, 7) is 3.70. The molecule has 0 amide bonds. The highest BCUT2D eigenvalue weighted by molar-refractivity contribution is 9.10. The van der Waals surface area contributed by atoms with Crippen LogP contribution >= 0.6 is 27.5 Å². The Balaban J connectivity index is 2.26. The molecule has 21 heavy (non-hydrogen) atoms. The van der Waals surface area contributed by atoms with Crippen LogP contribution in [0.1, 0.15) is 24.1 Å². The number of sulfonamides is 1. The maximum atomic E-state index is 12.4. The lowest BCUT2D eigenvalue weighted by Crippen LogP contribution is -2.27. The molecule has 0 aliphatic carbocycles. The molecule has 0 radical (unpaired) electrons. The van der Waals surface area contributed by atoms with Crippen molar-refractivity contribution < 1.29 is 8.42 Å². The average molecular weight is 389 g/mol. The van der Waals surface area contributed by atoms with Gasteiger partial charge in [-0.15, -0.1) is 0 Å². The molecule has 0 spiro atoms. The smallest absolute Gasteiger partial charge is 0.207 e. The van der Waals surface area contributed by atoms with Crippen molar-refractivity contribution >= 4 is 37.6 Å². The minimum absolute atomic E-state index is 0.230. The predicted molar refractivity (Wildman–Crippen MR) is 89.1 cm³/mol. The molecule has 0 heterocycles. The van der Waals surface area contributed by atoms with E-state index in [1.165, 1.54) is 0 Å². The van der Waals surface area contributed by atoms with Gasteiger partial charge in [0.2, 0.25) is 10.0 Å². The van der Waals surface area contributed by atoms with Crippen LogP contribution in [0.25, 0.3) is 0 Å². The molecule has 0 saturated carbocycles. The molecule has 0 aliphatic heterocycles. The van der Waals surface area contributed by atoms with Gasteiger partial charge in [0.1, 0.15) is 0 Å². The van der Waals surface area contributed by atoms with Crippen molar-refractivity contribution in [3.63, 3.8) is 0 Å². The Kier molecular flexibility index (Phi) is 5.09. The van der Waals surface area contributed by atoms with E-state index in [0.29, 0.717) is 9.50 Å². The second-order valence-electron chi connectivity index (χ2n) is 4.83. The van der Waals surface area contributed by atoms with E-state index in [1.807, 2.05) is 6.92 Å². The summed E-state index contributed by atoms with van der Waals surface area (Å²) in [5.41, 5.74) is 1.85. The van der Waals surface area contributed by atoms with Crippen molar-refractivity contribution in [1.82, 2.24) is 4.72 Å². The Morgan fingerprint density at radius 2 is 1.76 bits per heavy atom. The van der Waals surface area contributed by atoms with Gasteiger partial charge in [-0.1, -0.05) is 29.8 Å². The molecule has 0 saturated heterocycles. The summed E-state index contributed by atoms with van der Waals surface area (Å²) >= 11 is 9.14. The topological polar surface area (TPSA) is 46.2 Å². The maximum Gasteiger partial charge on any atom is 0.242 e.